The van der Waals surface area contributed by atoms with Crippen molar-refractivity contribution in [1.82, 2.24) is 19.9 Å². The van der Waals surface area contributed by atoms with Crippen molar-refractivity contribution >= 4 is 43.4 Å². The molecule has 154 valence electrons. The van der Waals surface area contributed by atoms with Crippen LogP contribution in [0.4, 0.5) is 11.6 Å². The van der Waals surface area contributed by atoms with Crippen molar-refractivity contribution in [2.24, 2.45) is 0 Å². The topological polar surface area (TPSA) is 66.4 Å². The van der Waals surface area contributed by atoms with E-state index < -0.39 is 0 Å². The van der Waals surface area contributed by atoms with Gasteiger partial charge in [-0.2, -0.15) is 0 Å². The van der Waals surface area contributed by atoms with Crippen LogP contribution in [0, 0.1) is 0 Å². The van der Waals surface area contributed by atoms with E-state index in [0.29, 0.717) is 0 Å². The molecule has 0 unspecified atom stereocenters. The number of anilines is 2. The van der Waals surface area contributed by atoms with E-state index in [1.54, 1.807) is 17.7 Å². The quantitative estimate of drug-likeness (QED) is 0.691. The second-order valence-corrected chi connectivity index (χ2v) is 9.11. The number of nitrogens with zero attached hydrogens (tertiary/aromatic N) is 5. The fraction of sp³-hybridized carbons (Fsp3) is 0.571. The Bertz CT molecular complexity index is 1030. The Morgan fingerprint density at radius 1 is 1.14 bits per heavy atom. The summed E-state index contributed by atoms with van der Waals surface area (Å²) in [5.74, 6) is 2.11. The van der Waals surface area contributed by atoms with Crippen LogP contribution in [-0.4, -0.2) is 73.3 Å². The molecule has 8 heteroatoms. The van der Waals surface area contributed by atoms with Crippen LogP contribution in [-0.2, 0) is 17.6 Å². The van der Waals surface area contributed by atoms with Gasteiger partial charge in [0.1, 0.15) is 22.8 Å². The molecule has 0 atom stereocenters. The average Bonchev–Trinajstić information content (AvgIpc) is 3.13. The van der Waals surface area contributed by atoms with Crippen LogP contribution in [0.1, 0.15) is 24.0 Å². The van der Waals surface area contributed by atoms with Crippen molar-refractivity contribution in [3.63, 3.8) is 0 Å². The van der Waals surface area contributed by atoms with Crippen LogP contribution < -0.4 is 10.2 Å². The summed E-state index contributed by atoms with van der Waals surface area (Å²) in [5, 5.41) is 4.76. The summed E-state index contributed by atoms with van der Waals surface area (Å²) in [6.45, 7) is 5.24. The fourth-order valence-corrected chi connectivity index (χ4v) is 5.52. The first-order chi connectivity index (χ1) is 14.2. The number of aromatic nitrogens is 3. The SMILES string of the molecule is CN(C)CCNc1ncnc2c1sc1nc(N3CCOCC3)c3c(c12)CCCC3. The molecule has 5 rings (SSSR count). The summed E-state index contributed by atoms with van der Waals surface area (Å²) in [6, 6.07) is 0. The molecule has 3 aromatic heterocycles. The van der Waals surface area contributed by atoms with E-state index >= 15 is 0 Å². The summed E-state index contributed by atoms with van der Waals surface area (Å²) >= 11 is 1.73. The van der Waals surface area contributed by atoms with Gasteiger partial charge in [0, 0.05) is 31.6 Å². The molecule has 3 aromatic rings. The van der Waals surface area contributed by atoms with Crippen LogP contribution in [0.2, 0.25) is 0 Å². The lowest BCUT2D eigenvalue weighted by Crippen LogP contribution is -2.37. The van der Waals surface area contributed by atoms with Crippen molar-refractivity contribution < 1.29 is 4.74 Å². The van der Waals surface area contributed by atoms with Crippen molar-refractivity contribution in [3.05, 3.63) is 17.5 Å². The number of nitrogens with one attached hydrogen (secondary N) is 1. The highest BCUT2D eigenvalue weighted by Crippen LogP contribution is 2.42. The first-order valence-corrected chi connectivity index (χ1v) is 11.3. The second-order valence-electron chi connectivity index (χ2n) is 8.11. The van der Waals surface area contributed by atoms with E-state index in [1.807, 2.05) is 0 Å². The third-order valence-corrected chi connectivity index (χ3v) is 6.94. The average molecular weight is 413 g/mol. The molecule has 1 N–H and O–H groups in total. The summed E-state index contributed by atoms with van der Waals surface area (Å²) in [4.78, 5) is 20.1. The molecule has 1 aliphatic heterocycles. The summed E-state index contributed by atoms with van der Waals surface area (Å²) in [5.41, 5.74) is 3.96. The van der Waals surface area contributed by atoms with Crippen molar-refractivity contribution in [3.8, 4) is 0 Å². The number of aryl methyl sites for hydroxylation is 1. The lowest BCUT2D eigenvalue weighted by molar-refractivity contribution is 0.122. The number of fused-ring (bicyclic) bond motifs is 5. The first kappa shape index (κ1) is 19.0. The minimum Gasteiger partial charge on any atom is -0.378 e. The van der Waals surface area contributed by atoms with E-state index in [4.69, 9.17) is 14.7 Å². The molecule has 0 radical (unpaired) electrons. The highest BCUT2D eigenvalue weighted by Gasteiger charge is 2.26. The van der Waals surface area contributed by atoms with Gasteiger partial charge < -0.3 is 19.9 Å². The van der Waals surface area contributed by atoms with E-state index in [9.17, 15) is 0 Å². The van der Waals surface area contributed by atoms with Gasteiger partial charge in [0.2, 0.25) is 0 Å². The Morgan fingerprint density at radius 3 is 2.72 bits per heavy atom. The fourth-order valence-electron chi connectivity index (χ4n) is 4.40. The number of likely N-dealkylation sites (N-methyl/N-ethyl adjacent to an activating group) is 1. The molecule has 0 spiro atoms. The Kier molecular flexibility index (Phi) is 5.24. The van der Waals surface area contributed by atoms with Crippen molar-refractivity contribution in [2.75, 3.05) is 63.7 Å². The number of rotatable bonds is 5. The zero-order chi connectivity index (χ0) is 19.8. The van der Waals surface area contributed by atoms with Crippen molar-refractivity contribution in [2.45, 2.75) is 25.7 Å². The molecule has 29 heavy (non-hydrogen) atoms. The Hall–Kier alpha value is -2.03. The maximum Gasteiger partial charge on any atom is 0.147 e. The molecule has 0 saturated carbocycles. The van der Waals surface area contributed by atoms with Crippen molar-refractivity contribution in [1.29, 1.82) is 0 Å². The third-order valence-electron chi connectivity index (χ3n) is 5.86. The highest BCUT2D eigenvalue weighted by molar-refractivity contribution is 7.26. The zero-order valence-corrected chi connectivity index (χ0v) is 18.0. The van der Waals surface area contributed by atoms with Gasteiger partial charge in [-0.1, -0.05) is 0 Å². The molecule has 0 aromatic carbocycles. The Balaban J connectivity index is 1.64. The van der Waals surface area contributed by atoms with Gasteiger partial charge in [0.05, 0.1) is 23.4 Å². The predicted octanol–water partition coefficient (Wildman–Crippen LogP) is 2.93. The largest absolute Gasteiger partial charge is 0.378 e. The lowest BCUT2D eigenvalue weighted by atomic mass is 9.90. The molecule has 0 amide bonds. The normalized spacial score (nSPS) is 17.3. The highest BCUT2D eigenvalue weighted by atomic mass is 32.1. The van der Waals surface area contributed by atoms with E-state index in [1.165, 1.54) is 35.2 Å². The summed E-state index contributed by atoms with van der Waals surface area (Å²) in [6.07, 6.45) is 6.40. The lowest BCUT2D eigenvalue weighted by Gasteiger charge is -2.31. The monoisotopic (exact) mass is 412 g/mol. The standard InChI is InChI=1S/C21H28N6OS/c1-26(2)8-7-22-19-18-17(23-13-24-19)16-14-5-3-4-6-15(14)20(25-21(16)29-18)27-9-11-28-12-10-27/h13H,3-12H2,1-2H3,(H,22,23,24). The molecule has 7 nitrogen and oxygen atoms in total. The van der Waals surface area contributed by atoms with Crippen LogP contribution in [0.15, 0.2) is 6.33 Å². The maximum atomic E-state index is 5.57. The molecule has 1 saturated heterocycles. The van der Waals surface area contributed by atoms with Gasteiger partial charge >= 0.3 is 0 Å². The van der Waals surface area contributed by atoms with Crippen LogP contribution in [0.3, 0.4) is 0 Å². The van der Waals surface area contributed by atoms with Crippen LogP contribution >= 0.6 is 11.3 Å². The molecule has 1 aliphatic carbocycles. The van der Waals surface area contributed by atoms with Gasteiger partial charge in [0.15, 0.2) is 0 Å². The van der Waals surface area contributed by atoms with Gasteiger partial charge in [-0.3, -0.25) is 0 Å². The number of hydrogen-bond acceptors (Lipinski definition) is 8. The summed E-state index contributed by atoms with van der Waals surface area (Å²) < 4.78 is 6.70. The minimum atomic E-state index is 0.784. The molecule has 1 fully saturated rings. The predicted molar refractivity (Wildman–Crippen MR) is 119 cm³/mol. The number of pyridine rings is 1. The van der Waals surface area contributed by atoms with Gasteiger partial charge in [-0.05, 0) is 50.9 Å². The molecule has 0 bridgehead atoms. The number of thiophene rings is 1. The van der Waals surface area contributed by atoms with Crippen LogP contribution in [0.25, 0.3) is 20.4 Å². The number of hydrogen-bond donors (Lipinski definition) is 1. The van der Waals surface area contributed by atoms with Gasteiger partial charge in [-0.15, -0.1) is 11.3 Å². The third kappa shape index (κ3) is 3.53. The van der Waals surface area contributed by atoms with Gasteiger partial charge in [-0.25, -0.2) is 15.0 Å². The van der Waals surface area contributed by atoms with E-state index in [2.05, 4.69) is 34.2 Å². The van der Waals surface area contributed by atoms with Gasteiger partial charge in [0.25, 0.3) is 0 Å². The second kappa shape index (κ2) is 8.01. The molecule has 4 heterocycles. The molecule has 2 aliphatic rings. The number of ether oxygens (including phenoxy) is 1. The number of morpholine rings is 1. The van der Waals surface area contributed by atoms with E-state index in [0.717, 1.165) is 73.1 Å². The summed E-state index contributed by atoms with van der Waals surface area (Å²) in [7, 11) is 4.17. The smallest absolute Gasteiger partial charge is 0.147 e. The Morgan fingerprint density at radius 2 is 1.93 bits per heavy atom. The Labute approximate surface area is 175 Å². The zero-order valence-electron chi connectivity index (χ0n) is 17.2. The van der Waals surface area contributed by atoms with Crippen LogP contribution in [0.5, 0.6) is 0 Å². The molecular formula is C21H28N6OS. The van der Waals surface area contributed by atoms with E-state index in [-0.39, 0.29) is 0 Å². The first-order valence-electron chi connectivity index (χ1n) is 10.5. The molecular weight excluding hydrogens is 384 g/mol. The minimum absolute atomic E-state index is 0.784. The maximum absolute atomic E-state index is 5.57.